The lowest BCUT2D eigenvalue weighted by molar-refractivity contribution is 0.0938. The number of carbonyl (C=O) groups is 1. The van der Waals surface area contributed by atoms with Crippen LogP contribution < -0.4 is 14.8 Å². The summed E-state index contributed by atoms with van der Waals surface area (Å²) in [5, 5.41) is 10.1. The SMILES string of the molecule is COc1ccc(C2=NN(Cc3ccc(C(=O)NC4CCCC4)cc3)CCC2)cc1OC. The van der Waals surface area contributed by atoms with E-state index >= 15 is 0 Å². The lowest BCUT2D eigenvalue weighted by Crippen LogP contribution is -2.32. The van der Waals surface area contributed by atoms with Crippen molar-refractivity contribution >= 4 is 11.6 Å². The summed E-state index contributed by atoms with van der Waals surface area (Å²) in [4.78, 5) is 12.4. The molecule has 1 aliphatic heterocycles. The van der Waals surface area contributed by atoms with Crippen LogP contribution in [0, 0.1) is 0 Å². The average Bonchev–Trinajstić information content (AvgIpc) is 3.32. The van der Waals surface area contributed by atoms with E-state index in [1.807, 2.05) is 42.5 Å². The predicted octanol–water partition coefficient (Wildman–Crippen LogP) is 4.38. The van der Waals surface area contributed by atoms with Crippen molar-refractivity contribution < 1.29 is 14.3 Å². The number of benzene rings is 2. The van der Waals surface area contributed by atoms with E-state index in [4.69, 9.17) is 14.6 Å². The van der Waals surface area contributed by atoms with E-state index in [1.165, 1.54) is 12.8 Å². The molecule has 6 nitrogen and oxygen atoms in total. The molecular weight excluding hydrogens is 390 g/mol. The molecule has 1 fully saturated rings. The van der Waals surface area contributed by atoms with E-state index in [-0.39, 0.29) is 5.91 Å². The monoisotopic (exact) mass is 421 g/mol. The number of hydrogen-bond acceptors (Lipinski definition) is 5. The molecule has 0 bridgehead atoms. The highest BCUT2D eigenvalue weighted by Gasteiger charge is 2.19. The Balaban J connectivity index is 1.41. The largest absolute Gasteiger partial charge is 0.493 e. The Bertz CT molecular complexity index is 934. The maximum atomic E-state index is 12.4. The van der Waals surface area contributed by atoms with Crippen LogP contribution in [0.2, 0.25) is 0 Å². The van der Waals surface area contributed by atoms with Gasteiger partial charge in [-0.15, -0.1) is 0 Å². The second-order valence-electron chi connectivity index (χ2n) is 8.26. The summed E-state index contributed by atoms with van der Waals surface area (Å²) in [6.07, 6.45) is 6.61. The zero-order chi connectivity index (χ0) is 21.6. The Morgan fingerprint density at radius 3 is 2.48 bits per heavy atom. The van der Waals surface area contributed by atoms with Gasteiger partial charge in [-0.3, -0.25) is 9.80 Å². The number of carbonyl (C=O) groups excluding carboxylic acids is 1. The lowest BCUT2D eigenvalue weighted by atomic mass is 10.0. The number of rotatable bonds is 7. The van der Waals surface area contributed by atoms with Gasteiger partial charge in [0.05, 0.1) is 26.5 Å². The van der Waals surface area contributed by atoms with Gasteiger partial charge in [-0.2, -0.15) is 5.10 Å². The van der Waals surface area contributed by atoms with Gasteiger partial charge in [-0.1, -0.05) is 25.0 Å². The number of nitrogens with zero attached hydrogens (tertiary/aromatic N) is 2. The van der Waals surface area contributed by atoms with E-state index in [0.717, 1.165) is 66.9 Å². The van der Waals surface area contributed by atoms with Crippen molar-refractivity contribution in [1.29, 1.82) is 0 Å². The lowest BCUT2D eigenvalue weighted by Gasteiger charge is -2.26. The van der Waals surface area contributed by atoms with Crippen molar-refractivity contribution in [2.45, 2.75) is 51.1 Å². The third-order valence-electron chi connectivity index (χ3n) is 6.08. The van der Waals surface area contributed by atoms with Crippen LogP contribution in [-0.4, -0.2) is 43.4 Å². The van der Waals surface area contributed by atoms with Gasteiger partial charge in [0.2, 0.25) is 0 Å². The Hall–Kier alpha value is -3.02. The number of amides is 1. The van der Waals surface area contributed by atoms with Gasteiger partial charge in [0.25, 0.3) is 5.91 Å². The van der Waals surface area contributed by atoms with Crippen LogP contribution in [0.5, 0.6) is 11.5 Å². The second-order valence-corrected chi connectivity index (χ2v) is 8.26. The Morgan fingerprint density at radius 1 is 1.03 bits per heavy atom. The predicted molar refractivity (Wildman–Crippen MR) is 122 cm³/mol. The summed E-state index contributed by atoms with van der Waals surface area (Å²) in [5.74, 6) is 1.47. The summed E-state index contributed by atoms with van der Waals surface area (Å²) >= 11 is 0. The van der Waals surface area contributed by atoms with E-state index in [9.17, 15) is 4.79 Å². The zero-order valence-electron chi connectivity index (χ0n) is 18.4. The first-order valence-corrected chi connectivity index (χ1v) is 11.1. The normalized spacial score (nSPS) is 16.7. The average molecular weight is 422 g/mol. The molecule has 2 aromatic rings. The topological polar surface area (TPSA) is 63.2 Å². The van der Waals surface area contributed by atoms with Gasteiger partial charge >= 0.3 is 0 Å². The minimum absolute atomic E-state index is 0.0326. The molecule has 1 amide bonds. The van der Waals surface area contributed by atoms with Crippen molar-refractivity contribution in [3.8, 4) is 11.5 Å². The summed E-state index contributed by atoms with van der Waals surface area (Å²) in [7, 11) is 3.29. The minimum atomic E-state index is 0.0326. The highest BCUT2D eigenvalue weighted by atomic mass is 16.5. The van der Waals surface area contributed by atoms with Gasteiger partial charge < -0.3 is 14.8 Å². The Labute approximate surface area is 184 Å². The summed E-state index contributed by atoms with van der Waals surface area (Å²) < 4.78 is 10.8. The molecule has 1 heterocycles. The van der Waals surface area contributed by atoms with Crippen LogP contribution in [-0.2, 0) is 6.54 Å². The van der Waals surface area contributed by atoms with Crippen LogP contribution in [0.25, 0.3) is 0 Å². The molecule has 0 atom stereocenters. The molecule has 0 spiro atoms. The first-order valence-electron chi connectivity index (χ1n) is 11.1. The first-order chi connectivity index (χ1) is 15.2. The Kier molecular flexibility index (Phi) is 6.75. The van der Waals surface area contributed by atoms with Crippen LogP contribution in [0.4, 0.5) is 0 Å². The highest BCUT2D eigenvalue weighted by Crippen LogP contribution is 2.29. The highest BCUT2D eigenvalue weighted by molar-refractivity contribution is 6.01. The van der Waals surface area contributed by atoms with Crippen molar-refractivity contribution in [1.82, 2.24) is 10.3 Å². The van der Waals surface area contributed by atoms with Crippen molar-refractivity contribution in [2.75, 3.05) is 20.8 Å². The third kappa shape index (κ3) is 5.19. The number of nitrogens with one attached hydrogen (secondary N) is 1. The molecule has 31 heavy (non-hydrogen) atoms. The fourth-order valence-electron chi connectivity index (χ4n) is 4.34. The summed E-state index contributed by atoms with van der Waals surface area (Å²) in [6, 6.07) is 14.2. The van der Waals surface area contributed by atoms with E-state index < -0.39 is 0 Å². The molecule has 1 saturated carbocycles. The zero-order valence-corrected chi connectivity index (χ0v) is 18.4. The van der Waals surface area contributed by atoms with Crippen LogP contribution in [0.3, 0.4) is 0 Å². The quantitative estimate of drug-likeness (QED) is 0.721. The second kappa shape index (κ2) is 9.86. The molecule has 0 aromatic heterocycles. The van der Waals surface area contributed by atoms with E-state index in [0.29, 0.717) is 11.8 Å². The van der Waals surface area contributed by atoms with E-state index in [2.05, 4.69) is 10.3 Å². The van der Waals surface area contributed by atoms with E-state index in [1.54, 1.807) is 14.2 Å². The molecule has 0 unspecified atom stereocenters. The Morgan fingerprint density at radius 2 is 1.77 bits per heavy atom. The number of methoxy groups -OCH3 is 2. The number of ether oxygens (including phenoxy) is 2. The van der Waals surface area contributed by atoms with Crippen LogP contribution in [0.15, 0.2) is 47.6 Å². The maximum Gasteiger partial charge on any atom is 0.251 e. The molecular formula is C25H31N3O3. The van der Waals surface area contributed by atoms with Gasteiger partial charge in [0.15, 0.2) is 11.5 Å². The molecule has 2 aliphatic rings. The number of hydrogen-bond donors (Lipinski definition) is 1. The van der Waals surface area contributed by atoms with Crippen molar-refractivity contribution in [2.24, 2.45) is 5.10 Å². The summed E-state index contributed by atoms with van der Waals surface area (Å²) in [6.45, 7) is 1.64. The molecule has 0 radical (unpaired) electrons. The van der Waals surface area contributed by atoms with Gasteiger partial charge in [-0.05, 0) is 61.6 Å². The third-order valence-corrected chi connectivity index (χ3v) is 6.08. The van der Waals surface area contributed by atoms with Crippen molar-refractivity contribution in [3.05, 3.63) is 59.2 Å². The molecule has 6 heteroatoms. The summed E-state index contributed by atoms with van der Waals surface area (Å²) in [5.41, 5.74) is 3.99. The van der Waals surface area contributed by atoms with Crippen LogP contribution >= 0.6 is 0 Å². The molecule has 1 aliphatic carbocycles. The standard InChI is InChI=1S/C25H31N3O3/c1-30-23-14-13-20(16-24(23)31-2)22-8-5-15-28(27-22)17-18-9-11-19(12-10-18)25(29)26-21-6-3-4-7-21/h9-14,16,21H,3-8,15,17H2,1-2H3,(H,26,29). The van der Waals surface area contributed by atoms with Crippen LogP contribution in [0.1, 0.15) is 60.0 Å². The number of hydrazone groups is 1. The van der Waals surface area contributed by atoms with Gasteiger partial charge in [-0.25, -0.2) is 0 Å². The van der Waals surface area contributed by atoms with Gasteiger partial charge in [0, 0.05) is 23.7 Å². The fraction of sp³-hybridized carbons (Fsp3) is 0.440. The molecule has 2 aromatic carbocycles. The molecule has 4 rings (SSSR count). The van der Waals surface area contributed by atoms with Crippen molar-refractivity contribution in [3.63, 3.8) is 0 Å². The molecule has 164 valence electrons. The first kappa shape index (κ1) is 21.2. The van der Waals surface area contributed by atoms with Gasteiger partial charge in [0.1, 0.15) is 0 Å². The fourth-order valence-corrected chi connectivity index (χ4v) is 4.34. The minimum Gasteiger partial charge on any atom is -0.493 e. The smallest absolute Gasteiger partial charge is 0.251 e. The maximum absolute atomic E-state index is 12.4. The molecule has 1 N–H and O–H groups in total. The molecule has 0 saturated heterocycles.